The molecular formula is C11H20N4O. The van der Waals surface area contributed by atoms with E-state index < -0.39 is 0 Å². The highest BCUT2D eigenvalue weighted by atomic mass is 16.2. The number of nitrogens with zero attached hydrogens (tertiary/aromatic N) is 3. The quantitative estimate of drug-likeness (QED) is 0.795. The molecule has 0 aliphatic carbocycles. The van der Waals surface area contributed by atoms with E-state index in [1.807, 2.05) is 4.57 Å². The maximum atomic E-state index is 11.9. The second-order valence-corrected chi connectivity index (χ2v) is 4.36. The molecule has 0 atom stereocenters. The van der Waals surface area contributed by atoms with E-state index >= 15 is 0 Å². The Kier molecular flexibility index (Phi) is 4.49. The molecule has 16 heavy (non-hydrogen) atoms. The molecule has 1 rings (SSSR count). The number of rotatable bonds is 5. The van der Waals surface area contributed by atoms with Crippen LogP contribution in [0.1, 0.15) is 24.3 Å². The summed E-state index contributed by atoms with van der Waals surface area (Å²) in [6, 6.07) is 0. The lowest BCUT2D eigenvalue weighted by molar-refractivity contribution is 0.0774. The molecule has 0 aliphatic heterocycles. The van der Waals surface area contributed by atoms with Crippen LogP contribution in [0.4, 0.5) is 0 Å². The molecule has 2 N–H and O–H groups in total. The van der Waals surface area contributed by atoms with Crippen LogP contribution in [0.15, 0.2) is 12.5 Å². The van der Waals surface area contributed by atoms with E-state index in [2.05, 4.69) is 18.8 Å². The van der Waals surface area contributed by atoms with Crippen LogP contribution < -0.4 is 5.73 Å². The number of aromatic nitrogens is 2. The molecule has 0 saturated heterocycles. The molecule has 0 radical (unpaired) electrons. The summed E-state index contributed by atoms with van der Waals surface area (Å²) in [6.07, 6.45) is 3.38. The number of carbonyl (C=O) groups excluding carboxylic acids is 1. The molecule has 0 saturated carbocycles. The van der Waals surface area contributed by atoms with E-state index in [1.54, 1.807) is 24.5 Å². The van der Waals surface area contributed by atoms with Gasteiger partial charge >= 0.3 is 0 Å². The third kappa shape index (κ3) is 3.34. The first-order valence-corrected chi connectivity index (χ1v) is 5.52. The number of hydrogen-bond donors (Lipinski definition) is 1. The van der Waals surface area contributed by atoms with E-state index in [0.717, 1.165) is 6.54 Å². The molecule has 0 aliphatic rings. The number of imidazole rings is 1. The Labute approximate surface area is 96.3 Å². The topological polar surface area (TPSA) is 64.2 Å². The zero-order chi connectivity index (χ0) is 12.1. The average Bonchev–Trinajstić information content (AvgIpc) is 2.64. The Morgan fingerprint density at radius 3 is 2.88 bits per heavy atom. The highest BCUT2D eigenvalue weighted by Crippen LogP contribution is 2.03. The predicted molar refractivity (Wildman–Crippen MR) is 63.1 cm³/mol. The maximum Gasteiger partial charge on any atom is 0.273 e. The van der Waals surface area contributed by atoms with Crippen molar-refractivity contribution in [1.29, 1.82) is 0 Å². The van der Waals surface area contributed by atoms with Gasteiger partial charge in [-0.1, -0.05) is 13.8 Å². The first-order chi connectivity index (χ1) is 7.54. The van der Waals surface area contributed by atoms with Crippen LogP contribution in [0.3, 0.4) is 0 Å². The third-order valence-corrected chi connectivity index (χ3v) is 2.23. The first-order valence-electron chi connectivity index (χ1n) is 5.52. The molecule has 0 fully saturated rings. The van der Waals surface area contributed by atoms with E-state index in [-0.39, 0.29) is 5.91 Å². The summed E-state index contributed by atoms with van der Waals surface area (Å²) in [7, 11) is 1.80. The summed E-state index contributed by atoms with van der Waals surface area (Å²) >= 11 is 0. The van der Waals surface area contributed by atoms with Crippen LogP contribution in [0.25, 0.3) is 0 Å². The molecule has 1 amide bonds. The van der Waals surface area contributed by atoms with Crippen molar-refractivity contribution in [3.8, 4) is 0 Å². The Bertz CT molecular complexity index is 346. The van der Waals surface area contributed by atoms with Gasteiger partial charge in [-0.3, -0.25) is 4.79 Å². The van der Waals surface area contributed by atoms with Crippen LogP contribution in [0.2, 0.25) is 0 Å². The SMILES string of the molecule is CC(C)CN(C)C(=O)c1cn(CCN)cn1. The lowest BCUT2D eigenvalue weighted by atomic mass is 10.2. The van der Waals surface area contributed by atoms with E-state index in [0.29, 0.717) is 24.7 Å². The Hall–Kier alpha value is -1.36. The Balaban J connectivity index is 2.64. The number of hydrogen-bond acceptors (Lipinski definition) is 3. The van der Waals surface area contributed by atoms with Crippen LogP contribution in [-0.4, -0.2) is 40.5 Å². The summed E-state index contributed by atoms with van der Waals surface area (Å²) in [5.41, 5.74) is 5.91. The van der Waals surface area contributed by atoms with Crippen molar-refractivity contribution in [3.63, 3.8) is 0 Å². The highest BCUT2D eigenvalue weighted by Gasteiger charge is 2.15. The smallest absolute Gasteiger partial charge is 0.273 e. The van der Waals surface area contributed by atoms with Gasteiger partial charge in [0.25, 0.3) is 5.91 Å². The molecule has 5 heteroatoms. The van der Waals surface area contributed by atoms with Gasteiger partial charge in [0.2, 0.25) is 0 Å². The summed E-state index contributed by atoms with van der Waals surface area (Å²) in [5.74, 6) is 0.421. The molecule has 90 valence electrons. The van der Waals surface area contributed by atoms with Gasteiger partial charge in [0, 0.05) is 32.9 Å². The molecule has 0 unspecified atom stereocenters. The monoisotopic (exact) mass is 224 g/mol. The van der Waals surface area contributed by atoms with Gasteiger partial charge in [0.1, 0.15) is 5.69 Å². The normalized spacial score (nSPS) is 10.8. The summed E-state index contributed by atoms with van der Waals surface area (Å²) in [6.45, 7) is 6.14. The molecule has 0 bridgehead atoms. The molecule has 1 aromatic heterocycles. The fourth-order valence-electron chi connectivity index (χ4n) is 1.57. The average molecular weight is 224 g/mol. The number of amides is 1. The van der Waals surface area contributed by atoms with Crippen molar-refractivity contribution in [2.75, 3.05) is 20.1 Å². The van der Waals surface area contributed by atoms with Crippen molar-refractivity contribution in [3.05, 3.63) is 18.2 Å². The van der Waals surface area contributed by atoms with Crippen molar-refractivity contribution in [1.82, 2.24) is 14.5 Å². The van der Waals surface area contributed by atoms with E-state index in [1.165, 1.54) is 0 Å². The fourth-order valence-corrected chi connectivity index (χ4v) is 1.57. The largest absolute Gasteiger partial charge is 0.340 e. The van der Waals surface area contributed by atoms with E-state index in [4.69, 9.17) is 5.73 Å². The molecular weight excluding hydrogens is 204 g/mol. The van der Waals surface area contributed by atoms with Gasteiger partial charge in [-0.05, 0) is 5.92 Å². The van der Waals surface area contributed by atoms with Crippen molar-refractivity contribution in [2.24, 2.45) is 11.7 Å². The molecule has 1 aromatic rings. The number of nitrogens with two attached hydrogens (primary N) is 1. The second kappa shape index (κ2) is 5.65. The zero-order valence-electron chi connectivity index (χ0n) is 10.2. The minimum Gasteiger partial charge on any atom is -0.340 e. The predicted octanol–water partition coefficient (Wildman–Crippen LogP) is 0.570. The van der Waals surface area contributed by atoms with Gasteiger partial charge < -0.3 is 15.2 Å². The molecule has 0 aromatic carbocycles. The van der Waals surface area contributed by atoms with E-state index in [9.17, 15) is 4.79 Å². The Morgan fingerprint density at radius 1 is 1.62 bits per heavy atom. The first kappa shape index (κ1) is 12.7. The fraction of sp³-hybridized carbons (Fsp3) is 0.636. The molecule has 0 spiro atoms. The highest BCUT2D eigenvalue weighted by molar-refractivity contribution is 5.91. The summed E-state index contributed by atoms with van der Waals surface area (Å²) < 4.78 is 1.83. The van der Waals surface area contributed by atoms with Gasteiger partial charge in [-0.25, -0.2) is 4.98 Å². The standard InChI is InChI=1S/C11H20N4O/c1-9(2)6-14(3)11(16)10-7-15(5-4-12)8-13-10/h7-9H,4-6,12H2,1-3H3. The number of carbonyl (C=O) groups is 1. The van der Waals surface area contributed by atoms with Crippen LogP contribution in [0.5, 0.6) is 0 Å². The molecule has 1 heterocycles. The third-order valence-electron chi connectivity index (χ3n) is 2.23. The van der Waals surface area contributed by atoms with Crippen molar-refractivity contribution >= 4 is 5.91 Å². The zero-order valence-corrected chi connectivity index (χ0v) is 10.2. The lowest BCUT2D eigenvalue weighted by Gasteiger charge is -2.17. The Morgan fingerprint density at radius 2 is 2.31 bits per heavy atom. The van der Waals surface area contributed by atoms with Gasteiger partial charge in [-0.15, -0.1) is 0 Å². The van der Waals surface area contributed by atoms with Gasteiger partial charge in [-0.2, -0.15) is 0 Å². The van der Waals surface area contributed by atoms with Crippen molar-refractivity contribution in [2.45, 2.75) is 20.4 Å². The molecule has 5 nitrogen and oxygen atoms in total. The summed E-state index contributed by atoms with van der Waals surface area (Å²) in [4.78, 5) is 17.7. The van der Waals surface area contributed by atoms with Gasteiger partial charge in [0.05, 0.1) is 6.33 Å². The van der Waals surface area contributed by atoms with Crippen LogP contribution in [0, 0.1) is 5.92 Å². The van der Waals surface area contributed by atoms with Crippen LogP contribution in [-0.2, 0) is 6.54 Å². The van der Waals surface area contributed by atoms with Crippen molar-refractivity contribution < 1.29 is 4.79 Å². The van der Waals surface area contributed by atoms with Crippen LogP contribution >= 0.6 is 0 Å². The second-order valence-electron chi connectivity index (χ2n) is 4.36. The minimum atomic E-state index is -0.0375. The lowest BCUT2D eigenvalue weighted by Crippen LogP contribution is -2.30. The minimum absolute atomic E-state index is 0.0375. The maximum absolute atomic E-state index is 11.9. The van der Waals surface area contributed by atoms with Gasteiger partial charge in [0.15, 0.2) is 0 Å². The summed E-state index contributed by atoms with van der Waals surface area (Å²) in [5, 5.41) is 0.